The minimum absolute atomic E-state index is 0.154. The topological polar surface area (TPSA) is 82.1 Å². The first-order valence-electron chi connectivity index (χ1n) is 7.17. The minimum Gasteiger partial charge on any atom is -0.443 e. The van der Waals surface area contributed by atoms with Gasteiger partial charge in [-0.2, -0.15) is 4.90 Å². The van der Waals surface area contributed by atoms with Crippen LogP contribution in [0.3, 0.4) is 0 Å². The Labute approximate surface area is 134 Å². The van der Waals surface area contributed by atoms with E-state index < -0.39 is 29.8 Å². The number of carbonyl (C=O) groups excluding carboxylic acids is 3. The Kier molecular flexibility index (Phi) is 5.00. The molecule has 1 heterocycles. The zero-order valence-electron chi connectivity index (χ0n) is 13.3. The van der Waals surface area contributed by atoms with E-state index in [2.05, 4.69) is 4.74 Å². The van der Waals surface area contributed by atoms with Crippen LogP contribution in [0.1, 0.15) is 26.3 Å². The summed E-state index contributed by atoms with van der Waals surface area (Å²) in [5.41, 5.74) is 0.118. The van der Waals surface area contributed by atoms with E-state index in [1.54, 1.807) is 20.8 Å². The fourth-order valence-electron chi connectivity index (χ4n) is 1.95. The zero-order valence-corrected chi connectivity index (χ0v) is 13.3. The molecule has 1 aliphatic rings. The molecule has 23 heavy (non-hydrogen) atoms. The molecule has 1 aliphatic heterocycles. The van der Waals surface area contributed by atoms with E-state index in [9.17, 15) is 14.4 Å². The predicted molar refractivity (Wildman–Crippen MR) is 79.4 cm³/mol. The van der Waals surface area contributed by atoms with Crippen LogP contribution in [0.4, 0.5) is 9.59 Å². The first-order valence-corrected chi connectivity index (χ1v) is 7.17. The Morgan fingerprint density at radius 2 is 1.87 bits per heavy atom. The van der Waals surface area contributed by atoms with E-state index in [-0.39, 0.29) is 13.2 Å². The summed E-state index contributed by atoms with van der Waals surface area (Å²) in [7, 11) is 0. The Morgan fingerprint density at radius 3 is 2.48 bits per heavy atom. The number of benzene rings is 1. The maximum Gasteiger partial charge on any atom is 0.428 e. The van der Waals surface area contributed by atoms with Gasteiger partial charge in [-0.3, -0.25) is 0 Å². The lowest BCUT2D eigenvalue weighted by Gasteiger charge is -2.24. The summed E-state index contributed by atoms with van der Waals surface area (Å²) in [6, 6.07) is 8.19. The van der Waals surface area contributed by atoms with Crippen LogP contribution in [0.2, 0.25) is 0 Å². The molecule has 0 saturated carbocycles. The van der Waals surface area contributed by atoms with Crippen LogP contribution in [0.15, 0.2) is 30.3 Å². The van der Waals surface area contributed by atoms with Crippen LogP contribution in [0.5, 0.6) is 0 Å². The number of hydrogen-bond donors (Lipinski definition) is 0. The van der Waals surface area contributed by atoms with E-state index in [4.69, 9.17) is 9.47 Å². The molecule has 0 aromatic heterocycles. The summed E-state index contributed by atoms with van der Waals surface area (Å²) in [6.07, 6.45) is -1.97. The van der Waals surface area contributed by atoms with Crippen molar-refractivity contribution in [2.45, 2.75) is 39.0 Å². The van der Waals surface area contributed by atoms with Crippen molar-refractivity contribution in [1.82, 2.24) is 4.90 Å². The number of ether oxygens (including phenoxy) is 3. The van der Waals surface area contributed by atoms with E-state index in [0.717, 1.165) is 5.56 Å². The Balaban J connectivity index is 1.98. The molecule has 7 heteroatoms. The number of imide groups is 1. The molecule has 124 valence electrons. The molecule has 1 atom stereocenters. The summed E-state index contributed by atoms with van der Waals surface area (Å²) < 4.78 is 15.0. The Morgan fingerprint density at radius 1 is 1.22 bits per heavy atom. The second kappa shape index (κ2) is 6.78. The molecule has 2 rings (SSSR count). The molecule has 7 nitrogen and oxygen atoms in total. The number of cyclic esters (lactones) is 2. The summed E-state index contributed by atoms with van der Waals surface area (Å²) >= 11 is 0. The van der Waals surface area contributed by atoms with E-state index in [1.165, 1.54) is 0 Å². The van der Waals surface area contributed by atoms with E-state index in [0.29, 0.717) is 4.90 Å². The number of carbonyl (C=O) groups is 3. The molecule has 0 aliphatic carbocycles. The number of rotatable bonds is 4. The first kappa shape index (κ1) is 17.0. The van der Waals surface area contributed by atoms with Crippen LogP contribution in [0, 0.1) is 0 Å². The van der Waals surface area contributed by atoms with Crippen LogP contribution in [0.25, 0.3) is 0 Å². The fraction of sp³-hybridized carbons (Fsp3) is 0.438. The number of amides is 2. The molecule has 1 aromatic carbocycles. The van der Waals surface area contributed by atoms with Crippen LogP contribution in [-0.4, -0.2) is 41.3 Å². The lowest BCUT2D eigenvalue weighted by atomic mass is 10.2. The van der Waals surface area contributed by atoms with Crippen molar-refractivity contribution in [1.29, 1.82) is 0 Å². The van der Waals surface area contributed by atoms with Gasteiger partial charge >= 0.3 is 18.2 Å². The molecule has 1 fully saturated rings. The molecule has 0 bridgehead atoms. The third kappa shape index (κ3) is 4.53. The largest absolute Gasteiger partial charge is 0.443 e. The van der Waals surface area contributed by atoms with Gasteiger partial charge in [0.05, 0.1) is 13.2 Å². The van der Waals surface area contributed by atoms with Gasteiger partial charge < -0.3 is 14.2 Å². The minimum atomic E-state index is -1.14. The van der Waals surface area contributed by atoms with Crippen molar-refractivity contribution in [2.75, 3.05) is 6.61 Å². The van der Waals surface area contributed by atoms with Crippen LogP contribution < -0.4 is 0 Å². The van der Waals surface area contributed by atoms with Crippen LogP contribution >= 0.6 is 0 Å². The summed E-state index contributed by atoms with van der Waals surface area (Å²) in [5.74, 6) is -0.825. The highest BCUT2D eigenvalue weighted by atomic mass is 16.6. The fourth-order valence-corrected chi connectivity index (χ4v) is 1.95. The highest BCUT2D eigenvalue weighted by molar-refractivity contribution is 6.03. The van der Waals surface area contributed by atoms with Gasteiger partial charge in [-0.25, -0.2) is 14.4 Å². The maximum atomic E-state index is 12.1. The Hall–Kier alpha value is -2.41. The van der Waals surface area contributed by atoms with Crippen molar-refractivity contribution >= 4 is 18.2 Å². The van der Waals surface area contributed by atoms with Gasteiger partial charge in [0, 0.05) is 0 Å². The van der Waals surface area contributed by atoms with Gasteiger partial charge in [-0.05, 0) is 26.3 Å². The molecule has 0 spiro atoms. The van der Waals surface area contributed by atoms with Gasteiger partial charge in [-0.1, -0.05) is 30.3 Å². The maximum absolute atomic E-state index is 12.1. The molecular formula is C16H19NO6. The predicted octanol–water partition coefficient (Wildman–Crippen LogP) is 2.49. The smallest absolute Gasteiger partial charge is 0.428 e. The molecule has 1 saturated heterocycles. The lowest BCUT2D eigenvalue weighted by molar-refractivity contribution is -0.137. The highest BCUT2D eigenvalue weighted by Gasteiger charge is 2.47. The average Bonchev–Trinajstić information content (AvgIpc) is 2.72. The monoisotopic (exact) mass is 321 g/mol. The summed E-state index contributed by atoms with van der Waals surface area (Å²) in [6.45, 7) is 5.08. The second-order valence-electron chi connectivity index (χ2n) is 6.05. The summed E-state index contributed by atoms with van der Waals surface area (Å²) in [5, 5.41) is 0. The number of esters is 1. The quantitative estimate of drug-likeness (QED) is 0.626. The van der Waals surface area contributed by atoms with Crippen molar-refractivity contribution in [3.63, 3.8) is 0 Å². The Bertz CT molecular complexity index is 592. The van der Waals surface area contributed by atoms with E-state index >= 15 is 0 Å². The number of nitrogens with zero attached hydrogens (tertiary/aromatic N) is 1. The van der Waals surface area contributed by atoms with Gasteiger partial charge in [0.15, 0.2) is 6.04 Å². The van der Waals surface area contributed by atoms with Crippen molar-refractivity contribution in [3.8, 4) is 0 Å². The van der Waals surface area contributed by atoms with Gasteiger partial charge in [-0.15, -0.1) is 0 Å². The lowest BCUT2D eigenvalue weighted by Crippen LogP contribution is -2.45. The standard InChI is InChI=1S/C16H19NO6/c1-16(2,3)23-15(20)17-12(13(18)22-14(17)19)10-21-9-11-7-5-4-6-8-11/h4-8,12H,9-10H2,1-3H3. The molecule has 1 aromatic rings. The van der Waals surface area contributed by atoms with Crippen LogP contribution in [-0.2, 0) is 25.6 Å². The molecule has 1 unspecified atom stereocenters. The van der Waals surface area contributed by atoms with Gasteiger partial charge in [0.1, 0.15) is 5.60 Å². The first-order chi connectivity index (χ1) is 10.8. The van der Waals surface area contributed by atoms with Gasteiger partial charge in [0.2, 0.25) is 0 Å². The average molecular weight is 321 g/mol. The second-order valence-corrected chi connectivity index (χ2v) is 6.05. The molecule has 0 radical (unpaired) electrons. The third-order valence-corrected chi connectivity index (χ3v) is 2.95. The molecular weight excluding hydrogens is 302 g/mol. The zero-order chi connectivity index (χ0) is 17.0. The number of hydrogen-bond acceptors (Lipinski definition) is 6. The van der Waals surface area contributed by atoms with E-state index in [1.807, 2.05) is 30.3 Å². The highest BCUT2D eigenvalue weighted by Crippen LogP contribution is 2.19. The SMILES string of the molecule is CC(C)(C)OC(=O)N1C(=O)OC(=O)C1COCc1ccccc1. The normalized spacial score (nSPS) is 18.0. The third-order valence-electron chi connectivity index (χ3n) is 2.95. The van der Waals surface area contributed by atoms with Crippen molar-refractivity contribution in [2.24, 2.45) is 0 Å². The van der Waals surface area contributed by atoms with Crippen molar-refractivity contribution in [3.05, 3.63) is 35.9 Å². The summed E-state index contributed by atoms with van der Waals surface area (Å²) in [4.78, 5) is 36.1. The molecule has 2 amide bonds. The van der Waals surface area contributed by atoms with Gasteiger partial charge in [0.25, 0.3) is 0 Å². The molecule has 0 N–H and O–H groups in total. The van der Waals surface area contributed by atoms with Crippen molar-refractivity contribution < 1.29 is 28.6 Å².